The Bertz CT molecular complexity index is 619. The minimum absolute atomic E-state index is 0.450. The molecule has 2 aromatic rings. The van der Waals surface area contributed by atoms with E-state index < -0.39 is 16.0 Å². The summed E-state index contributed by atoms with van der Waals surface area (Å²) in [5.41, 5.74) is 0.713. The van der Waals surface area contributed by atoms with Crippen LogP contribution in [0.5, 0.6) is 0 Å². The van der Waals surface area contributed by atoms with Crippen LogP contribution in [0.25, 0.3) is 11.4 Å². The first-order valence-corrected chi connectivity index (χ1v) is 6.23. The molecule has 17 heavy (non-hydrogen) atoms. The fourth-order valence-corrected chi connectivity index (χ4v) is 1.83. The van der Waals surface area contributed by atoms with Crippen molar-refractivity contribution in [2.75, 3.05) is 0 Å². The molecule has 90 valence electrons. The van der Waals surface area contributed by atoms with Crippen LogP contribution >= 0.6 is 0 Å². The maximum absolute atomic E-state index is 10.7. The van der Waals surface area contributed by atoms with Crippen LogP contribution in [-0.4, -0.2) is 33.2 Å². The Morgan fingerprint density at radius 2 is 2.06 bits per heavy atom. The molecule has 8 nitrogen and oxygen atoms in total. The maximum Gasteiger partial charge on any atom is 0.326 e. The van der Waals surface area contributed by atoms with Gasteiger partial charge in [0, 0.05) is 17.7 Å². The van der Waals surface area contributed by atoms with E-state index >= 15 is 0 Å². The van der Waals surface area contributed by atoms with E-state index in [0.29, 0.717) is 11.4 Å². The zero-order valence-corrected chi connectivity index (χ0v) is 9.74. The van der Waals surface area contributed by atoms with Crippen LogP contribution in [0.4, 0.5) is 0 Å². The number of aryl methyl sites for hydroxylation is 1. The van der Waals surface area contributed by atoms with Gasteiger partial charge in [0.1, 0.15) is 0 Å². The first kappa shape index (κ1) is 11.6. The topological polar surface area (TPSA) is 102 Å². The number of pyridine rings is 1. The van der Waals surface area contributed by atoms with Crippen molar-refractivity contribution in [1.82, 2.24) is 20.2 Å². The third-order valence-corrected chi connectivity index (χ3v) is 2.59. The van der Waals surface area contributed by atoms with E-state index in [1.54, 1.807) is 19.2 Å². The fourth-order valence-electron chi connectivity index (χ4n) is 1.28. The van der Waals surface area contributed by atoms with Gasteiger partial charge < -0.3 is 0 Å². The highest BCUT2D eigenvalue weighted by Crippen LogP contribution is 2.09. The molecule has 0 aliphatic heterocycles. The van der Waals surface area contributed by atoms with Crippen molar-refractivity contribution in [1.29, 1.82) is 0 Å². The Hall–Kier alpha value is -1.87. The molecule has 0 spiro atoms. The fraction of sp³-hybridized carbons (Fsp3) is 0.250. The minimum Gasteiger partial charge on any atom is -0.281 e. The summed E-state index contributed by atoms with van der Waals surface area (Å²) >= 11 is 0. The third-order valence-electron chi connectivity index (χ3n) is 1.97. The molecule has 9 heteroatoms. The highest BCUT2D eigenvalue weighted by Gasteiger charge is 2.13. The second-order valence-corrected chi connectivity index (χ2v) is 4.84. The summed E-state index contributed by atoms with van der Waals surface area (Å²) in [5, 5.41) is 11.5. The van der Waals surface area contributed by atoms with Crippen LogP contribution in [0.15, 0.2) is 24.5 Å². The molecule has 2 aromatic heterocycles. The van der Waals surface area contributed by atoms with Crippen LogP contribution in [0.1, 0.15) is 0 Å². The molecule has 0 amide bonds. The van der Waals surface area contributed by atoms with Crippen molar-refractivity contribution in [3.63, 3.8) is 0 Å². The third kappa shape index (κ3) is 3.04. The summed E-state index contributed by atoms with van der Waals surface area (Å²) < 4.78 is 31.3. The average molecular weight is 256 g/mol. The van der Waals surface area contributed by atoms with Gasteiger partial charge in [-0.3, -0.25) is 4.55 Å². The van der Waals surface area contributed by atoms with Crippen molar-refractivity contribution in [3.05, 3.63) is 24.5 Å². The Labute approximate surface area is 97.3 Å². The lowest BCUT2D eigenvalue weighted by atomic mass is 10.2. The van der Waals surface area contributed by atoms with Crippen molar-refractivity contribution in [2.45, 2.75) is 5.88 Å². The van der Waals surface area contributed by atoms with E-state index in [2.05, 4.69) is 15.4 Å². The molecular formula is C8H10N5O3S+. The summed E-state index contributed by atoms with van der Waals surface area (Å²) in [6.45, 7) is 0. The van der Waals surface area contributed by atoms with Crippen molar-refractivity contribution in [3.8, 4) is 11.4 Å². The van der Waals surface area contributed by atoms with Crippen LogP contribution in [-0.2, 0) is 23.0 Å². The van der Waals surface area contributed by atoms with Crippen LogP contribution in [0, 0.1) is 0 Å². The van der Waals surface area contributed by atoms with Gasteiger partial charge in [-0.25, -0.2) is 0 Å². The van der Waals surface area contributed by atoms with Gasteiger partial charge in [-0.1, -0.05) is 0 Å². The molecule has 0 atom stereocenters. The Morgan fingerprint density at radius 1 is 1.41 bits per heavy atom. The van der Waals surface area contributed by atoms with E-state index in [1.165, 1.54) is 21.8 Å². The predicted molar refractivity (Wildman–Crippen MR) is 56.0 cm³/mol. The summed E-state index contributed by atoms with van der Waals surface area (Å²) in [7, 11) is -2.38. The zero-order valence-electron chi connectivity index (χ0n) is 8.92. The standard InChI is InChI=1S/C8H9N5O3S/c1-12-10-8(9-11-12)7-2-4-13(5-3-7)6-17(14,15)16/h2-5H,6H2,1H3/p+1. The van der Waals surface area contributed by atoms with Crippen molar-refractivity contribution < 1.29 is 17.5 Å². The molecule has 0 unspecified atom stereocenters. The van der Waals surface area contributed by atoms with Crippen LogP contribution < -0.4 is 4.57 Å². The Balaban J connectivity index is 2.24. The SMILES string of the molecule is Cn1nnc(-c2cc[n+](CS(=O)(=O)O)cc2)n1. The van der Waals surface area contributed by atoms with Gasteiger partial charge in [0.15, 0.2) is 12.4 Å². The quantitative estimate of drug-likeness (QED) is 0.559. The molecule has 0 aliphatic carbocycles. The van der Waals surface area contributed by atoms with E-state index in [0.717, 1.165) is 0 Å². The molecule has 0 saturated heterocycles. The molecule has 0 saturated carbocycles. The highest BCUT2D eigenvalue weighted by molar-refractivity contribution is 7.84. The summed E-state index contributed by atoms with van der Waals surface area (Å²) in [6, 6.07) is 3.28. The number of tetrazole rings is 1. The molecule has 2 rings (SSSR count). The lowest BCUT2D eigenvalue weighted by molar-refractivity contribution is -0.678. The second kappa shape index (κ2) is 4.18. The first-order chi connectivity index (χ1) is 7.94. The first-order valence-electron chi connectivity index (χ1n) is 4.63. The lowest BCUT2D eigenvalue weighted by Crippen LogP contribution is -2.36. The molecule has 0 fully saturated rings. The maximum atomic E-state index is 10.7. The van der Waals surface area contributed by atoms with Gasteiger partial charge in [0.2, 0.25) is 5.82 Å². The predicted octanol–water partition coefficient (Wildman–Crippen LogP) is -0.990. The number of hydrogen-bond donors (Lipinski definition) is 1. The van der Waals surface area contributed by atoms with Crippen LogP contribution in [0.2, 0.25) is 0 Å². The molecule has 0 bridgehead atoms. The van der Waals surface area contributed by atoms with E-state index in [4.69, 9.17) is 4.55 Å². The van der Waals surface area contributed by atoms with Crippen LogP contribution in [0.3, 0.4) is 0 Å². The van der Waals surface area contributed by atoms with Gasteiger partial charge >= 0.3 is 10.1 Å². The van der Waals surface area contributed by atoms with E-state index in [-0.39, 0.29) is 0 Å². The molecule has 0 aromatic carbocycles. The van der Waals surface area contributed by atoms with Gasteiger partial charge in [-0.15, -0.1) is 10.2 Å². The Kier molecular flexibility index (Phi) is 2.86. The summed E-state index contributed by atoms with van der Waals surface area (Å²) in [4.78, 5) is 1.33. The number of rotatable bonds is 3. The van der Waals surface area contributed by atoms with Gasteiger partial charge in [-0.2, -0.15) is 17.8 Å². The molecule has 0 aliphatic rings. The van der Waals surface area contributed by atoms with Gasteiger partial charge in [0.25, 0.3) is 5.88 Å². The highest BCUT2D eigenvalue weighted by atomic mass is 32.2. The number of hydrogen-bond acceptors (Lipinski definition) is 5. The second-order valence-electron chi connectivity index (χ2n) is 3.41. The smallest absolute Gasteiger partial charge is 0.281 e. The lowest BCUT2D eigenvalue weighted by Gasteiger charge is -1.95. The Morgan fingerprint density at radius 3 is 2.53 bits per heavy atom. The van der Waals surface area contributed by atoms with Crippen molar-refractivity contribution >= 4 is 10.1 Å². The van der Waals surface area contributed by atoms with E-state index in [1.807, 2.05) is 0 Å². The minimum atomic E-state index is -4.04. The van der Waals surface area contributed by atoms with Crippen molar-refractivity contribution in [2.24, 2.45) is 7.05 Å². The monoisotopic (exact) mass is 256 g/mol. The molecular weight excluding hydrogens is 246 g/mol. The summed E-state index contributed by atoms with van der Waals surface area (Å²) in [5.74, 6) is -0.0345. The molecule has 1 N–H and O–H groups in total. The normalized spacial score (nSPS) is 11.6. The average Bonchev–Trinajstić information content (AvgIpc) is 2.63. The van der Waals surface area contributed by atoms with E-state index in [9.17, 15) is 8.42 Å². The number of nitrogens with zero attached hydrogens (tertiary/aromatic N) is 5. The van der Waals surface area contributed by atoms with Gasteiger partial charge in [0.05, 0.1) is 7.05 Å². The largest absolute Gasteiger partial charge is 0.326 e. The molecule has 0 radical (unpaired) electrons. The molecule has 2 heterocycles. The van der Waals surface area contributed by atoms with Gasteiger partial charge in [-0.05, 0) is 5.21 Å². The zero-order chi connectivity index (χ0) is 12.5. The number of aromatic nitrogens is 5. The summed E-state index contributed by atoms with van der Waals surface area (Å²) in [6.07, 6.45) is 3.03.